The Hall–Kier alpha value is -2.12. The molecule has 1 aromatic carbocycles. The number of fused-ring (bicyclic) bond motifs is 1. The zero-order valence-corrected chi connectivity index (χ0v) is 14.8. The minimum atomic E-state index is -0.886. The lowest BCUT2D eigenvalue weighted by Crippen LogP contribution is -2.26. The van der Waals surface area contributed by atoms with Crippen LogP contribution in [0.1, 0.15) is 13.8 Å². The van der Waals surface area contributed by atoms with E-state index in [1.807, 2.05) is 35.7 Å². The Labute approximate surface area is 146 Å². The lowest BCUT2D eigenvalue weighted by Gasteiger charge is -2.17. The van der Waals surface area contributed by atoms with E-state index in [0.29, 0.717) is 21.1 Å². The van der Waals surface area contributed by atoms with E-state index in [0.717, 1.165) is 11.1 Å². The van der Waals surface area contributed by atoms with Crippen LogP contribution < -0.4 is 5.56 Å². The number of aromatic nitrogens is 2. The van der Waals surface area contributed by atoms with Crippen molar-refractivity contribution >= 4 is 39.3 Å². The van der Waals surface area contributed by atoms with Crippen LogP contribution in [0.15, 0.2) is 45.7 Å². The van der Waals surface area contributed by atoms with Crippen molar-refractivity contribution < 1.29 is 9.90 Å². The highest BCUT2D eigenvalue weighted by Gasteiger charge is 2.27. The molecule has 2 aromatic heterocycles. The molecule has 0 fully saturated rings. The summed E-state index contributed by atoms with van der Waals surface area (Å²) in [6.07, 6.45) is 0. The van der Waals surface area contributed by atoms with Crippen LogP contribution in [0.3, 0.4) is 0 Å². The van der Waals surface area contributed by atoms with Gasteiger partial charge in [0.05, 0.1) is 10.8 Å². The molecule has 0 unspecified atom stereocenters. The monoisotopic (exact) mass is 360 g/mol. The first-order valence-electron chi connectivity index (χ1n) is 7.31. The van der Waals surface area contributed by atoms with Crippen molar-refractivity contribution in [1.82, 2.24) is 9.97 Å². The summed E-state index contributed by atoms with van der Waals surface area (Å²) in [6.45, 7) is 3.30. The van der Waals surface area contributed by atoms with E-state index in [2.05, 4.69) is 9.97 Å². The summed E-state index contributed by atoms with van der Waals surface area (Å²) >= 11 is 2.66. The highest BCUT2D eigenvalue weighted by atomic mass is 32.2. The highest BCUT2D eigenvalue weighted by Crippen LogP contribution is 2.32. The average Bonchev–Trinajstić information content (AvgIpc) is 2.98. The second-order valence-electron chi connectivity index (χ2n) is 6.04. The van der Waals surface area contributed by atoms with Crippen molar-refractivity contribution in [1.29, 1.82) is 0 Å². The Morgan fingerprint density at radius 1 is 1.33 bits per heavy atom. The van der Waals surface area contributed by atoms with Crippen LogP contribution in [0.4, 0.5) is 0 Å². The maximum absolute atomic E-state index is 12.5. The van der Waals surface area contributed by atoms with Gasteiger partial charge in [0.2, 0.25) is 0 Å². The topological polar surface area (TPSA) is 83.0 Å². The van der Waals surface area contributed by atoms with Gasteiger partial charge in [0, 0.05) is 16.7 Å². The SMILES string of the molecule is CC(C)(CSc1nc2scc(-c3ccccc3)c2c(=O)[nH]1)C(=O)O. The molecule has 3 rings (SSSR count). The number of H-pyrrole nitrogens is 1. The van der Waals surface area contributed by atoms with Gasteiger partial charge in [0.15, 0.2) is 5.16 Å². The lowest BCUT2D eigenvalue weighted by atomic mass is 9.97. The Balaban J connectivity index is 1.96. The number of benzene rings is 1. The van der Waals surface area contributed by atoms with Crippen molar-refractivity contribution in [2.45, 2.75) is 19.0 Å². The summed E-state index contributed by atoms with van der Waals surface area (Å²) in [4.78, 5) is 31.6. The molecule has 0 spiro atoms. The predicted molar refractivity (Wildman–Crippen MR) is 97.8 cm³/mol. The van der Waals surface area contributed by atoms with Crippen molar-refractivity contribution in [3.63, 3.8) is 0 Å². The third-order valence-corrected chi connectivity index (χ3v) is 5.86. The zero-order valence-electron chi connectivity index (χ0n) is 13.2. The van der Waals surface area contributed by atoms with Gasteiger partial charge in [0.25, 0.3) is 5.56 Å². The van der Waals surface area contributed by atoms with E-state index >= 15 is 0 Å². The van der Waals surface area contributed by atoms with Crippen molar-refractivity contribution in [2.75, 3.05) is 5.75 Å². The molecule has 0 amide bonds. The van der Waals surface area contributed by atoms with Gasteiger partial charge >= 0.3 is 5.97 Å². The minimum Gasteiger partial charge on any atom is -0.481 e. The number of nitrogens with zero attached hydrogens (tertiary/aromatic N) is 1. The van der Waals surface area contributed by atoms with E-state index in [4.69, 9.17) is 0 Å². The maximum Gasteiger partial charge on any atom is 0.309 e. The quantitative estimate of drug-likeness (QED) is 0.533. The number of rotatable bonds is 5. The van der Waals surface area contributed by atoms with Crippen LogP contribution in [-0.4, -0.2) is 26.8 Å². The number of nitrogens with one attached hydrogen (secondary N) is 1. The minimum absolute atomic E-state index is 0.198. The van der Waals surface area contributed by atoms with Gasteiger partial charge in [-0.1, -0.05) is 42.1 Å². The average molecular weight is 360 g/mol. The molecule has 0 saturated carbocycles. The first-order chi connectivity index (χ1) is 11.4. The maximum atomic E-state index is 12.5. The second-order valence-corrected chi connectivity index (χ2v) is 7.87. The Bertz CT molecular complexity index is 945. The number of hydrogen-bond donors (Lipinski definition) is 2. The number of thioether (sulfide) groups is 1. The van der Waals surface area contributed by atoms with Crippen LogP contribution in [0.5, 0.6) is 0 Å². The fraction of sp³-hybridized carbons (Fsp3) is 0.235. The summed E-state index contributed by atoms with van der Waals surface area (Å²) < 4.78 is 0. The smallest absolute Gasteiger partial charge is 0.309 e. The molecule has 0 atom stereocenters. The molecular weight excluding hydrogens is 344 g/mol. The molecule has 0 aliphatic carbocycles. The number of aliphatic carboxylic acids is 1. The molecule has 0 aliphatic rings. The van der Waals surface area contributed by atoms with Gasteiger partial charge in [-0.15, -0.1) is 11.3 Å². The molecule has 0 saturated heterocycles. The Morgan fingerprint density at radius 3 is 2.71 bits per heavy atom. The van der Waals surface area contributed by atoms with Gasteiger partial charge in [-0.25, -0.2) is 4.98 Å². The van der Waals surface area contributed by atoms with Crippen molar-refractivity contribution in [3.05, 3.63) is 46.1 Å². The van der Waals surface area contributed by atoms with Crippen molar-refractivity contribution in [3.8, 4) is 11.1 Å². The van der Waals surface area contributed by atoms with Crippen molar-refractivity contribution in [2.24, 2.45) is 5.41 Å². The van der Waals surface area contributed by atoms with E-state index in [9.17, 15) is 14.7 Å². The molecule has 124 valence electrons. The third kappa shape index (κ3) is 3.22. The van der Waals surface area contributed by atoms with Crippen LogP contribution in [0.25, 0.3) is 21.3 Å². The van der Waals surface area contributed by atoms with Crippen LogP contribution in [0.2, 0.25) is 0 Å². The van der Waals surface area contributed by atoms with Crippen LogP contribution in [-0.2, 0) is 4.79 Å². The third-order valence-electron chi connectivity index (χ3n) is 3.66. The largest absolute Gasteiger partial charge is 0.481 e. The summed E-state index contributed by atoms with van der Waals surface area (Å²) in [5, 5.41) is 12.1. The van der Waals surface area contributed by atoms with Gasteiger partial charge in [-0.2, -0.15) is 0 Å². The number of carboxylic acids is 1. The fourth-order valence-corrected chi connectivity index (χ4v) is 4.09. The molecule has 0 aliphatic heterocycles. The first kappa shape index (κ1) is 16.7. The predicted octanol–water partition coefficient (Wildman–Crippen LogP) is 3.85. The Kier molecular flexibility index (Phi) is 4.47. The molecular formula is C17H16N2O3S2. The summed E-state index contributed by atoms with van der Waals surface area (Å²) in [6, 6.07) is 9.70. The van der Waals surface area contributed by atoms with Gasteiger partial charge in [-0.3, -0.25) is 9.59 Å². The van der Waals surface area contributed by atoms with E-state index in [-0.39, 0.29) is 5.56 Å². The molecule has 5 nitrogen and oxygen atoms in total. The summed E-state index contributed by atoms with van der Waals surface area (Å²) in [5.74, 6) is -0.547. The molecule has 2 heterocycles. The van der Waals surface area contributed by atoms with Gasteiger partial charge < -0.3 is 10.1 Å². The fourth-order valence-electron chi connectivity index (χ4n) is 2.14. The molecule has 3 aromatic rings. The summed E-state index contributed by atoms with van der Waals surface area (Å²) in [5.41, 5.74) is 0.758. The molecule has 7 heteroatoms. The number of hydrogen-bond acceptors (Lipinski definition) is 5. The first-order valence-corrected chi connectivity index (χ1v) is 9.18. The number of aromatic amines is 1. The zero-order chi connectivity index (χ0) is 17.3. The van der Waals surface area contributed by atoms with E-state index in [1.54, 1.807) is 13.8 Å². The molecule has 2 N–H and O–H groups in total. The Morgan fingerprint density at radius 2 is 2.04 bits per heavy atom. The van der Waals surface area contributed by atoms with Crippen LogP contribution in [0, 0.1) is 5.41 Å². The molecule has 0 radical (unpaired) electrons. The van der Waals surface area contributed by atoms with Crippen LogP contribution >= 0.6 is 23.1 Å². The van der Waals surface area contributed by atoms with E-state index < -0.39 is 11.4 Å². The summed E-state index contributed by atoms with van der Waals surface area (Å²) in [7, 11) is 0. The second kappa shape index (κ2) is 6.41. The molecule has 24 heavy (non-hydrogen) atoms. The normalized spacial score (nSPS) is 11.8. The number of carboxylic acid groups (broad SMARTS) is 1. The van der Waals surface area contributed by atoms with Gasteiger partial charge in [-0.05, 0) is 19.4 Å². The molecule has 0 bridgehead atoms. The van der Waals surface area contributed by atoms with E-state index in [1.165, 1.54) is 23.1 Å². The highest BCUT2D eigenvalue weighted by molar-refractivity contribution is 7.99. The standard InChI is InChI=1S/C17H16N2O3S2/c1-17(2,15(21)22)9-24-16-18-13(20)12-11(8-23-14(12)19-16)10-6-4-3-5-7-10/h3-8H,9H2,1-2H3,(H,21,22)(H,18,19,20). The lowest BCUT2D eigenvalue weighted by molar-refractivity contribution is -0.145. The van der Waals surface area contributed by atoms with Gasteiger partial charge in [0.1, 0.15) is 4.83 Å². The number of thiophene rings is 1. The number of carbonyl (C=O) groups is 1.